The van der Waals surface area contributed by atoms with E-state index >= 15 is 0 Å². The van der Waals surface area contributed by atoms with Crippen molar-refractivity contribution in [1.82, 2.24) is 10.0 Å². The molecule has 0 aliphatic carbocycles. The smallest absolute Gasteiger partial charge is 0.269 e. The van der Waals surface area contributed by atoms with Crippen LogP contribution >= 0.6 is 0 Å². The van der Waals surface area contributed by atoms with Crippen LogP contribution in [0.5, 0.6) is 0 Å². The summed E-state index contributed by atoms with van der Waals surface area (Å²) in [4.78, 5) is 10.1. The summed E-state index contributed by atoms with van der Waals surface area (Å²) in [6, 6.07) is 6.09. The molecular formula is C11H17N3O4S. The van der Waals surface area contributed by atoms with Crippen molar-refractivity contribution in [2.75, 3.05) is 19.3 Å². The van der Waals surface area contributed by atoms with Gasteiger partial charge in [0.1, 0.15) is 0 Å². The molecular weight excluding hydrogens is 270 g/mol. The lowest BCUT2D eigenvalue weighted by Crippen LogP contribution is -2.30. The molecule has 0 aromatic heterocycles. The Labute approximate surface area is 112 Å². The van der Waals surface area contributed by atoms with Crippen molar-refractivity contribution in [2.45, 2.75) is 13.0 Å². The van der Waals surface area contributed by atoms with Gasteiger partial charge in [0.15, 0.2) is 0 Å². The maximum Gasteiger partial charge on any atom is 0.269 e. The third-order valence-corrected chi connectivity index (χ3v) is 4.10. The Bertz CT molecular complexity index is 527. The van der Waals surface area contributed by atoms with Crippen molar-refractivity contribution in [2.24, 2.45) is 0 Å². The molecule has 0 heterocycles. The second-order valence-corrected chi connectivity index (χ2v) is 6.09. The van der Waals surface area contributed by atoms with Crippen molar-refractivity contribution < 1.29 is 13.3 Å². The minimum absolute atomic E-state index is 0.0131. The highest BCUT2D eigenvalue weighted by molar-refractivity contribution is 7.89. The van der Waals surface area contributed by atoms with Crippen LogP contribution in [0, 0.1) is 10.1 Å². The van der Waals surface area contributed by atoms with E-state index in [2.05, 4.69) is 10.0 Å². The molecule has 0 amide bonds. The van der Waals surface area contributed by atoms with Gasteiger partial charge in [0, 0.05) is 24.7 Å². The fourth-order valence-corrected chi connectivity index (χ4v) is 2.11. The lowest BCUT2D eigenvalue weighted by atomic mass is 10.1. The molecule has 0 radical (unpaired) electrons. The molecule has 2 N–H and O–H groups in total. The van der Waals surface area contributed by atoms with Gasteiger partial charge in [-0.05, 0) is 19.5 Å². The third-order valence-electron chi connectivity index (χ3n) is 2.74. The number of nitrogens with zero attached hydrogens (tertiary/aromatic N) is 1. The fraction of sp³-hybridized carbons (Fsp3) is 0.455. The molecule has 1 rings (SSSR count). The maximum absolute atomic E-state index is 11.2. The Morgan fingerprint density at radius 3 is 2.37 bits per heavy atom. The van der Waals surface area contributed by atoms with Crippen LogP contribution in [0.25, 0.3) is 0 Å². The standard InChI is InChI=1S/C11H17N3O4S/c1-9(13-7-8-19(17,18)12-2)10-3-5-11(6-4-10)14(15)16/h3-6,9,12-13H,7-8H2,1-2H3. The summed E-state index contributed by atoms with van der Waals surface area (Å²) in [6.45, 7) is 2.18. The zero-order chi connectivity index (χ0) is 14.5. The Morgan fingerprint density at radius 1 is 1.32 bits per heavy atom. The molecule has 0 saturated heterocycles. The summed E-state index contributed by atoms with van der Waals surface area (Å²) in [5.74, 6) is -0.0131. The van der Waals surface area contributed by atoms with Crippen LogP contribution < -0.4 is 10.0 Å². The van der Waals surface area contributed by atoms with Crippen molar-refractivity contribution in [3.05, 3.63) is 39.9 Å². The molecule has 19 heavy (non-hydrogen) atoms. The number of benzene rings is 1. The van der Waals surface area contributed by atoms with Crippen molar-refractivity contribution in [1.29, 1.82) is 0 Å². The van der Waals surface area contributed by atoms with Crippen LogP contribution in [-0.4, -0.2) is 32.7 Å². The third kappa shape index (κ3) is 4.93. The molecule has 8 heteroatoms. The van der Waals surface area contributed by atoms with E-state index in [4.69, 9.17) is 0 Å². The first-order valence-electron chi connectivity index (χ1n) is 5.74. The van der Waals surface area contributed by atoms with Gasteiger partial charge < -0.3 is 5.32 Å². The van der Waals surface area contributed by atoms with E-state index in [-0.39, 0.29) is 17.5 Å². The number of nitro benzene ring substituents is 1. The first-order valence-corrected chi connectivity index (χ1v) is 7.40. The van der Waals surface area contributed by atoms with E-state index < -0.39 is 14.9 Å². The Morgan fingerprint density at radius 2 is 1.89 bits per heavy atom. The van der Waals surface area contributed by atoms with E-state index in [9.17, 15) is 18.5 Å². The van der Waals surface area contributed by atoms with E-state index in [0.29, 0.717) is 6.54 Å². The van der Waals surface area contributed by atoms with Crippen molar-refractivity contribution in [3.8, 4) is 0 Å². The number of sulfonamides is 1. The van der Waals surface area contributed by atoms with Crippen molar-refractivity contribution in [3.63, 3.8) is 0 Å². The number of non-ortho nitro benzene ring substituents is 1. The lowest BCUT2D eigenvalue weighted by Gasteiger charge is -2.13. The summed E-state index contributed by atoms with van der Waals surface area (Å²) in [5.41, 5.74) is 0.904. The Kier molecular flexibility index (Phi) is 5.40. The first kappa shape index (κ1) is 15.5. The largest absolute Gasteiger partial charge is 0.309 e. The predicted molar refractivity (Wildman–Crippen MR) is 72.4 cm³/mol. The monoisotopic (exact) mass is 287 g/mol. The SMILES string of the molecule is CNS(=O)(=O)CCNC(C)c1ccc([N+](=O)[O-])cc1. The summed E-state index contributed by atoms with van der Waals surface area (Å²) in [7, 11) is -1.85. The first-order chi connectivity index (χ1) is 8.85. The van der Waals surface area contributed by atoms with Gasteiger partial charge in [-0.1, -0.05) is 12.1 Å². The minimum atomic E-state index is -3.22. The van der Waals surface area contributed by atoms with Crippen LogP contribution in [0.4, 0.5) is 5.69 Å². The highest BCUT2D eigenvalue weighted by Gasteiger charge is 2.10. The van der Waals surface area contributed by atoms with Gasteiger partial charge in [-0.2, -0.15) is 0 Å². The summed E-state index contributed by atoms with van der Waals surface area (Å²) in [6.07, 6.45) is 0. The number of hydrogen-bond donors (Lipinski definition) is 2. The molecule has 1 aromatic carbocycles. The highest BCUT2D eigenvalue weighted by Crippen LogP contribution is 2.17. The molecule has 1 atom stereocenters. The quantitative estimate of drug-likeness (QED) is 0.570. The Hall–Kier alpha value is -1.51. The van der Waals surface area contributed by atoms with Gasteiger partial charge in [0.25, 0.3) is 5.69 Å². The zero-order valence-corrected chi connectivity index (χ0v) is 11.6. The van der Waals surface area contributed by atoms with Gasteiger partial charge in [0.2, 0.25) is 10.0 Å². The predicted octanol–water partition coefficient (Wildman–Crippen LogP) is 0.795. The van der Waals surface area contributed by atoms with Crippen LogP contribution in [0.2, 0.25) is 0 Å². The van der Waals surface area contributed by atoms with Gasteiger partial charge in [-0.3, -0.25) is 10.1 Å². The molecule has 0 aliphatic heterocycles. The minimum Gasteiger partial charge on any atom is -0.309 e. The van der Waals surface area contributed by atoms with Gasteiger partial charge in [-0.25, -0.2) is 13.1 Å². The summed E-state index contributed by atoms with van der Waals surface area (Å²) in [5, 5.41) is 13.6. The van der Waals surface area contributed by atoms with Crippen LogP contribution in [-0.2, 0) is 10.0 Å². The summed E-state index contributed by atoms with van der Waals surface area (Å²) >= 11 is 0. The molecule has 7 nitrogen and oxygen atoms in total. The van der Waals surface area contributed by atoms with Gasteiger partial charge in [-0.15, -0.1) is 0 Å². The summed E-state index contributed by atoms with van der Waals surface area (Å²) < 4.78 is 24.7. The average Bonchev–Trinajstić information content (AvgIpc) is 2.38. The fourth-order valence-electron chi connectivity index (χ4n) is 1.51. The molecule has 106 valence electrons. The second kappa shape index (κ2) is 6.60. The van der Waals surface area contributed by atoms with Crippen LogP contribution in [0.1, 0.15) is 18.5 Å². The van der Waals surface area contributed by atoms with Gasteiger partial charge >= 0.3 is 0 Å². The normalized spacial score (nSPS) is 13.2. The molecule has 1 aromatic rings. The second-order valence-electron chi connectivity index (χ2n) is 4.05. The average molecular weight is 287 g/mol. The number of rotatable bonds is 7. The molecule has 0 aliphatic rings. The molecule has 0 fully saturated rings. The zero-order valence-electron chi connectivity index (χ0n) is 10.8. The van der Waals surface area contributed by atoms with Crippen molar-refractivity contribution >= 4 is 15.7 Å². The van der Waals surface area contributed by atoms with E-state index in [1.54, 1.807) is 12.1 Å². The number of nitro groups is 1. The lowest BCUT2D eigenvalue weighted by molar-refractivity contribution is -0.384. The molecule has 1 unspecified atom stereocenters. The topological polar surface area (TPSA) is 101 Å². The van der Waals surface area contributed by atoms with Crippen LogP contribution in [0.15, 0.2) is 24.3 Å². The van der Waals surface area contributed by atoms with E-state index in [0.717, 1.165) is 5.56 Å². The highest BCUT2D eigenvalue weighted by atomic mass is 32.2. The van der Waals surface area contributed by atoms with E-state index in [1.807, 2.05) is 6.92 Å². The molecule has 0 bridgehead atoms. The number of nitrogens with one attached hydrogen (secondary N) is 2. The number of hydrogen-bond acceptors (Lipinski definition) is 5. The Balaban J connectivity index is 2.54. The van der Waals surface area contributed by atoms with E-state index in [1.165, 1.54) is 19.2 Å². The molecule has 0 saturated carbocycles. The molecule has 0 spiro atoms. The van der Waals surface area contributed by atoms with Gasteiger partial charge in [0.05, 0.1) is 10.7 Å². The maximum atomic E-state index is 11.2. The van der Waals surface area contributed by atoms with Crippen LogP contribution in [0.3, 0.4) is 0 Å².